The minimum absolute atomic E-state index is 0.881. The molecule has 1 heteroatoms. The molecule has 0 amide bonds. The van der Waals surface area contributed by atoms with Crippen molar-refractivity contribution in [1.29, 1.82) is 0 Å². The highest BCUT2D eigenvalue weighted by molar-refractivity contribution is 4.74. The minimum Gasteiger partial charge on any atom is -0.501 e. The zero-order chi connectivity index (χ0) is 5.82. The van der Waals surface area contributed by atoms with Crippen LogP contribution in [0.3, 0.4) is 0 Å². The van der Waals surface area contributed by atoms with Gasteiger partial charge in [-0.1, -0.05) is 6.08 Å². The van der Waals surface area contributed by atoms with E-state index in [2.05, 4.69) is 0 Å². The van der Waals surface area contributed by atoms with Crippen LogP contribution in [0.1, 0.15) is 19.8 Å². The molecule has 0 aliphatic heterocycles. The summed E-state index contributed by atoms with van der Waals surface area (Å²) >= 11 is 0. The third kappa shape index (κ3) is 2.01. The van der Waals surface area contributed by atoms with Crippen molar-refractivity contribution in [3.05, 3.63) is 12.3 Å². The maximum Gasteiger partial charge on any atom is 0.0901 e. The van der Waals surface area contributed by atoms with Gasteiger partial charge in [0.1, 0.15) is 0 Å². The van der Waals surface area contributed by atoms with E-state index in [4.69, 9.17) is 4.74 Å². The van der Waals surface area contributed by atoms with E-state index in [1.165, 1.54) is 12.8 Å². The molecule has 1 nitrogen and oxygen atoms in total. The van der Waals surface area contributed by atoms with Crippen molar-refractivity contribution in [2.45, 2.75) is 19.8 Å². The zero-order valence-electron chi connectivity index (χ0n) is 5.26. The van der Waals surface area contributed by atoms with Crippen LogP contribution in [0.2, 0.25) is 0 Å². The summed E-state index contributed by atoms with van der Waals surface area (Å²) in [5.41, 5.74) is 0. The van der Waals surface area contributed by atoms with Crippen LogP contribution in [-0.4, -0.2) is 6.61 Å². The third-order valence-corrected chi connectivity index (χ3v) is 1.26. The summed E-state index contributed by atoms with van der Waals surface area (Å²) in [5.74, 6) is 0.881. The molecule has 0 aromatic carbocycles. The number of hydrogen-bond donors (Lipinski definition) is 0. The fourth-order valence-electron chi connectivity index (χ4n) is 0.572. The molecule has 0 radical (unpaired) electrons. The van der Waals surface area contributed by atoms with Crippen LogP contribution in [0.15, 0.2) is 12.3 Å². The van der Waals surface area contributed by atoms with E-state index in [1.54, 1.807) is 6.26 Å². The van der Waals surface area contributed by atoms with Gasteiger partial charge in [-0.05, 0) is 25.7 Å². The molecule has 0 N–H and O–H groups in total. The van der Waals surface area contributed by atoms with Crippen molar-refractivity contribution in [3.8, 4) is 0 Å². The first kappa shape index (κ1) is 5.67. The number of allylic oxidation sites excluding steroid dienone is 1. The summed E-state index contributed by atoms with van der Waals surface area (Å²) < 4.78 is 5.13. The second-order valence-electron chi connectivity index (χ2n) is 2.25. The molecule has 1 aliphatic carbocycles. The van der Waals surface area contributed by atoms with Gasteiger partial charge >= 0.3 is 0 Å². The maximum atomic E-state index is 5.13. The van der Waals surface area contributed by atoms with Crippen molar-refractivity contribution in [2.24, 2.45) is 5.92 Å². The molecule has 0 unspecified atom stereocenters. The normalized spacial score (nSPS) is 19.6. The SMILES string of the molecule is C/C=C\OCC1CC1. The second-order valence-corrected chi connectivity index (χ2v) is 2.25. The monoisotopic (exact) mass is 112 g/mol. The van der Waals surface area contributed by atoms with Crippen molar-refractivity contribution < 1.29 is 4.74 Å². The van der Waals surface area contributed by atoms with Gasteiger partial charge in [-0.25, -0.2) is 0 Å². The topological polar surface area (TPSA) is 9.23 Å². The van der Waals surface area contributed by atoms with Gasteiger partial charge in [0, 0.05) is 0 Å². The third-order valence-electron chi connectivity index (χ3n) is 1.26. The predicted molar refractivity (Wildman–Crippen MR) is 33.5 cm³/mol. The Bertz CT molecular complexity index is 82.4. The van der Waals surface area contributed by atoms with Crippen molar-refractivity contribution in [2.75, 3.05) is 6.61 Å². The second kappa shape index (κ2) is 2.75. The van der Waals surface area contributed by atoms with Crippen molar-refractivity contribution in [3.63, 3.8) is 0 Å². The molecule has 0 bridgehead atoms. The molecule has 0 atom stereocenters. The molecule has 0 heterocycles. The first-order valence-corrected chi connectivity index (χ1v) is 3.16. The van der Waals surface area contributed by atoms with Crippen molar-refractivity contribution >= 4 is 0 Å². The van der Waals surface area contributed by atoms with Gasteiger partial charge in [0.2, 0.25) is 0 Å². The molecule has 8 heavy (non-hydrogen) atoms. The molecular weight excluding hydrogens is 100 g/mol. The van der Waals surface area contributed by atoms with Crippen molar-refractivity contribution in [1.82, 2.24) is 0 Å². The molecule has 46 valence electrons. The van der Waals surface area contributed by atoms with Gasteiger partial charge in [-0.2, -0.15) is 0 Å². The van der Waals surface area contributed by atoms with Crippen LogP contribution in [-0.2, 0) is 4.74 Å². The molecular formula is C7H12O. The van der Waals surface area contributed by atoms with Gasteiger partial charge in [-0.15, -0.1) is 0 Å². The van der Waals surface area contributed by atoms with Crippen LogP contribution >= 0.6 is 0 Å². The van der Waals surface area contributed by atoms with Gasteiger partial charge in [-0.3, -0.25) is 0 Å². The fourth-order valence-corrected chi connectivity index (χ4v) is 0.572. The Hall–Kier alpha value is -0.460. The standard InChI is InChI=1S/C7H12O/c1-2-5-8-6-7-3-4-7/h2,5,7H,3-4,6H2,1H3/b5-2-. The molecule has 1 aliphatic rings. The van der Waals surface area contributed by atoms with Gasteiger partial charge in [0.05, 0.1) is 12.9 Å². The van der Waals surface area contributed by atoms with Gasteiger partial charge in [0.15, 0.2) is 0 Å². The Morgan fingerprint density at radius 3 is 2.88 bits per heavy atom. The molecule has 1 saturated carbocycles. The summed E-state index contributed by atoms with van der Waals surface area (Å²) in [6, 6.07) is 0. The number of ether oxygens (including phenoxy) is 1. The molecule has 0 spiro atoms. The van der Waals surface area contributed by atoms with Crippen LogP contribution < -0.4 is 0 Å². The number of rotatable bonds is 3. The average Bonchev–Trinajstić information content (AvgIpc) is 2.51. The highest BCUT2D eigenvalue weighted by Crippen LogP contribution is 2.28. The van der Waals surface area contributed by atoms with Gasteiger partial charge < -0.3 is 4.74 Å². The zero-order valence-corrected chi connectivity index (χ0v) is 5.26. The fraction of sp³-hybridized carbons (Fsp3) is 0.714. The lowest BCUT2D eigenvalue weighted by Crippen LogP contribution is -1.86. The summed E-state index contributed by atoms with van der Waals surface area (Å²) in [6.07, 6.45) is 6.43. The van der Waals surface area contributed by atoms with Crippen LogP contribution in [0.4, 0.5) is 0 Å². The first-order chi connectivity index (χ1) is 3.93. The van der Waals surface area contributed by atoms with E-state index >= 15 is 0 Å². The molecule has 0 aromatic heterocycles. The largest absolute Gasteiger partial charge is 0.501 e. The molecule has 1 rings (SSSR count). The molecule has 0 saturated heterocycles. The van der Waals surface area contributed by atoms with E-state index in [0.717, 1.165) is 12.5 Å². The summed E-state index contributed by atoms with van der Waals surface area (Å²) in [5, 5.41) is 0. The highest BCUT2D eigenvalue weighted by atomic mass is 16.5. The minimum atomic E-state index is 0.881. The maximum absolute atomic E-state index is 5.13. The first-order valence-electron chi connectivity index (χ1n) is 3.16. The average molecular weight is 112 g/mol. The number of hydrogen-bond acceptors (Lipinski definition) is 1. The Labute approximate surface area is 50.3 Å². The quantitative estimate of drug-likeness (QED) is 0.507. The smallest absolute Gasteiger partial charge is 0.0901 e. The summed E-state index contributed by atoms with van der Waals surface area (Å²) in [4.78, 5) is 0. The van der Waals surface area contributed by atoms with E-state index in [-0.39, 0.29) is 0 Å². The Balaban J connectivity index is 1.88. The lowest BCUT2D eigenvalue weighted by molar-refractivity contribution is 0.234. The molecule has 0 aromatic rings. The van der Waals surface area contributed by atoms with E-state index in [1.807, 2.05) is 13.0 Å². The van der Waals surface area contributed by atoms with E-state index in [0.29, 0.717) is 0 Å². The van der Waals surface area contributed by atoms with Crippen LogP contribution in [0, 0.1) is 5.92 Å². The lowest BCUT2D eigenvalue weighted by Gasteiger charge is -1.93. The van der Waals surface area contributed by atoms with E-state index < -0.39 is 0 Å². The van der Waals surface area contributed by atoms with Gasteiger partial charge in [0.25, 0.3) is 0 Å². The Morgan fingerprint density at radius 2 is 2.38 bits per heavy atom. The van der Waals surface area contributed by atoms with Crippen LogP contribution in [0.5, 0.6) is 0 Å². The Kier molecular flexibility index (Phi) is 1.95. The summed E-state index contributed by atoms with van der Waals surface area (Å²) in [6.45, 7) is 2.90. The van der Waals surface area contributed by atoms with Crippen LogP contribution in [0.25, 0.3) is 0 Å². The summed E-state index contributed by atoms with van der Waals surface area (Å²) in [7, 11) is 0. The van der Waals surface area contributed by atoms with E-state index in [9.17, 15) is 0 Å². The molecule has 1 fully saturated rings. The highest BCUT2D eigenvalue weighted by Gasteiger charge is 2.20. The Morgan fingerprint density at radius 1 is 1.62 bits per heavy atom. The predicted octanol–water partition coefficient (Wildman–Crippen LogP) is 1.95. The lowest BCUT2D eigenvalue weighted by atomic mass is 10.5.